The molecule has 2 atom stereocenters. The van der Waals surface area contributed by atoms with Gasteiger partial charge in [0.15, 0.2) is 0 Å². The maximum atomic E-state index is 13.8. The second-order valence-electron chi connectivity index (χ2n) is 9.44. The van der Waals surface area contributed by atoms with Crippen LogP contribution in [0.5, 0.6) is 0 Å². The van der Waals surface area contributed by atoms with Crippen LogP contribution in [0.25, 0.3) is 0 Å². The van der Waals surface area contributed by atoms with Gasteiger partial charge in [-0.15, -0.1) is 0 Å². The molecule has 0 heterocycles. The van der Waals surface area contributed by atoms with Crippen molar-refractivity contribution in [1.82, 2.24) is 10.2 Å². The fourth-order valence-electron chi connectivity index (χ4n) is 3.81. The van der Waals surface area contributed by atoms with Gasteiger partial charge >= 0.3 is 0 Å². The van der Waals surface area contributed by atoms with E-state index in [2.05, 4.69) is 5.32 Å². The Balaban J connectivity index is 2.01. The first-order valence-electron chi connectivity index (χ1n) is 12.6. The molecule has 1 N–H and O–H groups in total. The van der Waals surface area contributed by atoms with E-state index in [1.807, 2.05) is 20.8 Å². The smallest absolute Gasteiger partial charge is 0.264 e. The van der Waals surface area contributed by atoms with E-state index < -0.39 is 34.3 Å². The molecule has 0 unspecified atom stereocenters. The molecule has 0 aromatic heterocycles. The quantitative estimate of drug-likeness (QED) is 0.337. The fraction of sp³-hybridized carbons (Fsp3) is 0.310. The molecule has 0 spiro atoms. The van der Waals surface area contributed by atoms with Crippen LogP contribution in [0.15, 0.2) is 77.7 Å². The molecule has 3 aromatic rings. The minimum Gasteiger partial charge on any atom is -0.352 e. The lowest BCUT2D eigenvalue weighted by molar-refractivity contribution is -0.139. The molecule has 0 aliphatic carbocycles. The zero-order valence-electron chi connectivity index (χ0n) is 22.4. The van der Waals surface area contributed by atoms with Crippen LogP contribution in [0.1, 0.15) is 38.3 Å². The number of hydrogen-bond acceptors (Lipinski definition) is 4. The van der Waals surface area contributed by atoms with Crippen molar-refractivity contribution in [3.8, 4) is 0 Å². The molecule has 7 nitrogen and oxygen atoms in total. The number of carbonyl (C=O) groups excluding carboxylic acids is 2. The average Bonchev–Trinajstić information content (AvgIpc) is 2.91. The summed E-state index contributed by atoms with van der Waals surface area (Å²) in [7, 11) is -4.21. The van der Waals surface area contributed by atoms with E-state index in [0.29, 0.717) is 17.0 Å². The van der Waals surface area contributed by atoms with Crippen molar-refractivity contribution < 1.29 is 22.4 Å². The SMILES string of the molecule is CC[C@@H](C)NC(=O)[C@H](C)N(Cc1ccc(Cl)cc1)C(=O)CN(c1ccc(F)cc1)S(=O)(=O)c1ccc(C)cc1. The Bertz CT molecular complexity index is 1380. The summed E-state index contributed by atoms with van der Waals surface area (Å²) in [4.78, 5) is 28.2. The molecule has 0 bridgehead atoms. The maximum absolute atomic E-state index is 13.8. The number of anilines is 1. The zero-order valence-corrected chi connectivity index (χ0v) is 24.0. The molecule has 0 radical (unpaired) electrons. The molecule has 10 heteroatoms. The van der Waals surface area contributed by atoms with E-state index in [9.17, 15) is 22.4 Å². The van der Waals surface area contributed by atoms with Crippen LogP contribution < -0.4 is 9.62 Å². The minimum atomic E-state index is -4.21. The molecule has 2 amide bonds. The molecule has 0 aliphatic rings. The highest BCUT2D eigenvalue weighted by Crippen LogP contribution is 2.25. The highest BCUT2D eigenvalue weighted by atomic mass is 35.5. The van der Waals surface area contributed by atoms with Crippen LogP contribution in [-0.4, -0.2) is 43.8 Å². The summed E-state index contributed by atoms with van der Waals surface area (Å²) in [6.07, 6.45) is 0.705. The Kier molecular flexibility index (Phi) is 10.1. The largest absolute Gasteiger partial charge is 0.352 e. The highest BCUT2D eigenvalue weighted by Gasteiger charge is 2.32. The number of aryl methyl sites for hydroxylation is 1. The summed E-state index contributed by atoms with van der Waals surface area (Å²) in [5.41, 5.74) is 1.70. The maximum Gasteiger partial charge on any atom is 0.264 e. The summed E-state index contributed by atoms with van der Waals surface area (Å²) in [6.45, 7) is 6.67. The lowest BCUT2D eigenvalue weighted by atomic mass is 10.1. The second-order valence-corrected chi connectivity index (χ2v) is 11.7. The van der Waals surface area contributed by atoms with Gasteiger partial charge in [-0.1, -0.05) is 48.4 Å². The van der Waals surface area contributed by atoms with E-state index in [4.69, 9.17) is 11.6 Å². The Hall–Kier alpha value is -3.43. The van der Waals surface area contributed by atoms with Gasteiger partial charge in [-0.3, -0.25) is 13.9 Å². The van der Waals surface area contributed by atoms with Gasteiger partial charge in [0.25, 0.3) is 10.0 Å². The van der Waals surface area contributed by atoms with Crippen molar-refractivity contribution in [2.75, 3.05) is 10.8 Å². The number of rotatable bonds is 11. The van der Waals surface area contributed by atoms with Crippen LogP contribution in [0, 0.1) is 12.7 Å². The normalized spacial score (nSPS) is 12.9. The van der Waals surface area contributed by atoms with Gasteiger partial charge in [0.2, 0.25) is 11.8 Å². The molecule has 0 fully saturated rings. The predicted molar refractivity (Wildman–Crippen MR) is 151 cm³/mol. The fourth-order valence-corrected chi connectivity index (χ4v) is 5.35. The van der Waals surface area contributed by atoms with Crippen LogP contribution in [0.3, 0.4) is 0 Å². The number of nitrogens with one attached hydrogen (secondary N) is 1. The van der Waals surface area contributed by atoms with Gasteiger partial charge in [0.05, 0.1) is 10.6 Å². The standard InChI is InChI=1S/C29H33ClFN3O4S/c1-5-21(3)32-29(36)22(4)33(18-23-8-10-24(30)11-9-23)28(35)19-34(26-14-12-25(31)13-15-26)39(37,38)27-16-6-20(2)7-17-27/h6-17,21-22H,5,18-19H2,1-4H3,(H,32,36)/t21-,22+/m1/s1. The van der Waals surface area contributed by atoms with Gasteiger partial charge in [0, 0.05) is 17.6 Å². The molecule has 208 valence electrons. The summed E-state index contributed by atoms with van der Waals surface area (Å²) < 4.78 is 42.1. The van der Waals surface area contributed by atoms with Crippen LogP contribution >= 0.6 is 11.6 Å². The minimum absolute atomic E-state index is 0.0166. The number of amides is 2. The monoisotopic (exact) mass is 573 g/mol. The van der Waals surface area contributed by atoms with Crippen LogP contribution in [-0.2, 0) is 26.2 Å². The number of hydrogen-bond donors (Lipinski definition) is 1. The van der Waals surface area contributed by atoms with E-state index in [-0.39, 0.29) is 29.1 Å². The Labute approximate surface area is 234 Å². The average molecular weight is 574 g/mol. The first-order chi connectivity index (χ1) is 18.4. The van der Waals surface area contributed by atoms with Gasteiger partial charge in [0.1, 0.15) is 18.4 Å². The van der Waals surface area contributed by atoms with Crippen molar-refractivity contribution in [3.05, 3.63) is 94.8 Å². The number of nitrogens with zero attached hydrogens (tertiary/aromatic N) is 2. The van der Waals surface area contributed by atoms with E-state index >= 15 is 0 Å². The highest BCUT2D eigenvalue weighted by molar-refractivity contribution is 7.92. The molecule has 0 aliphatic heterocycles. The van der Waals surface area contributed by atoms with Crippen molar-refractivity contribution >= 4 is 39.1 Å². The Morgan fingerprint density at radius 2 is 1.54 bits per heavy atom. The third-order valence-corrected chi connectivity index (χ3v) is 8.48. The number of carbonyl (C=O) groups is 2. The first-order valence-corrected chi connectivity index (χ1v) is 14.4. The predicted octanol–water partition coefficient (Wildman–Crippen LogP) is 5.31. The summed E-state index contributed by atoms with van der Waals surface area (Å²) in [6, 6.07) is 16.9. The Morgan fingerprint density at radius 3 is 2.10 bits per heavy atom. The summed E-state index contributed by atoms with van der Waals surface area (Å²) >= 11 is 6.02. The molecular formula is C29H33ClFN3O4S. The van der Waals surface area contributed by atoms with E-state index in [1.165, 1.54) is 29.2 Å². The number of benzene rings is 3. The first kappa shape index (κ1) is 30.1. The summed E-state index contributed by atoms with van der Waals surface area (Å²) in [5.74, 6) is -1.50. The number of halogens is 2. The third kappa shape index (κ3) is 7.80. The third-order valence-electron chi connectivity index (χ3n) is 6.44. The number of sulfonamides is 1. The van der Waals surface area contributed by atoms with Crippen molar-refractivity contribution in [3.63, 3.8) is 0 Å². The second kappa shape index (κ2) is 13.1. The van der Waals surface area contributed by atoms with E-state index in [0.717, 1.165) is 22.0 Å². The van der Waals surface area contributed by atoms with Gasteiger partial charge in [-0.25, -0.2) is 12.8 Å². The molecule has 3 aromatic carbocycles. The molecule has 39 heavy (non-hydrogen) atoms. The van der Waals surface area contributed by atoms with Gasteiger partial charge in [-0.2, -0.15) is 0 Å². The molecule has 0 saturated carbocycles. The van der Waals surface area contributed by atoms with Crippen molar-refractivity contribution in [2.24, 2.45) is 0 Å². The molecule has 3 rings (SSSR count). The zero-order chi connectivity index (χ0) is 28.7. The van der Waals surface area contributed by atoms with Crippen LogP contribution in [0.2, 0.25) is 5.02 Å². The van der Waals surface area contributed by atoms with Gasteiger partial charge in [-0.05, 0) is 81.3 Å². The topological polar surface area (TPSA) is 86.8 Å². The van der Waals surface area contributed by atoms with E-state index in [1.54, 1.807) is 43.3 Å². The Morgan fingerprint density at radius 1 is 0.949 bits per heavy atom. The lowest BCUT2D eigenvalue weighted by Crippen LogP contribution is -2.52. The lowest BCUT2D eigenvalue weighted by Gasteiger charge is -2.32. The van der Waals surface area contributed by atoms with Crippen molar-refractivity contribution in [2.45, 2.75) is 57.6 Å². The molecular weight excluding hydrogens is 541 g/mol. The van der Waals surface area contributed by atoms with Crippen molar-refractivity contribution in [1.29, 1.82) is 0 Å². The molecule has 0 saturated heterocycles. The summed E-state index contributed by atoms with van der Waals surface area (Å²) in [5, 5.41) is 3.40. The van der Waals surface area contributed by atoms with Gasteiger partial charge < -0.3 is 10.2 Å². The van der Waals surface area contributed by atoms with Crippen LogP contribution in [0.4, 0.5) is 10.1 Å².